The molecule has 150 valence electrons. The number of hydrogen-bond donors (Lipinski definition) is 1. The number of thiazole rings is 1. The fraction of sp³-hybridized carbons (Fsp3) is 0.250. The normalized spacial score (nSPS) is 17.1. The van der Waals surface area contributed by atoms with Crippen LogP contribution in [0.15, 0.2) is 65.0 Å². The summed E-state index contributed by atoms with van der Waals surface area (Å²) in [5.41, 5.74) is 1.10. The fourth-order valence-corrected chi connectivity index (χ4v) is 5.35. The van der Waals surface area contributed by atoms with Crippen LogP contribution in [0.25, 0.3) is 0 Å². The largest absolute Gasteiger partial charge is 0.329 e. The first-order chi connectivity index (χ1) is 14.0. The minimum absolute atomic E-state index is 0.0939. The maximum Gasteiger partial charge on any atom is 0.273 e. The smallest absolute Gasteiger partial charge is 0.273 e. The van der Waals surface area contributed by atoms with Crippen LogP contribution in [0.3, 0.4) is 0 Å². The zero-order valence-corrected chi connectivity index (χ0v) is 17.2. The van der Waals surface area contributed by atoms with Crippen molar-refractivity contribution < 1.29 is 13.2 Å². The first kappa shape index (κ1) is 19.5. The summed E-state index contributed by atoms with van der Waals surface area (Å²) in [5, 5.41) is 1.76. The van der Waals surface area contributed by atoms with E-state index < -0.39 is 10.0 Å². The molecule has 1 aromatic carbocycles. The number of hydrogen-bond acceptors (Lipinski definition) is 6. The second-order valence-corrected chi connectivity index (χ2v) is 9.26. The van der Waals surface area contributed by atoms with E-state index in [1.54, 1.807) is 34.7 Å². The predicted molar refractivity (Wildman–Crippen MR) is 111 cm³/mol. The molecule has 4 rings (SSSR count). The highest BCUT2D eigenvalue weighted by molar-refractivity contribution is 7.93. The highest BCUT2D eigenvalue weighted by Crippen LogP contribution is 2.31. The van der Waals surface area contributed by atoms with E-state index in [0.29, 0.717) is 6.54 Å². The molecule has 0 aliphatic carbocycles. The van der Waals surface area contributed by atoms with E-state index in [1.165, 1.54) is 12.1 Å². The van der Waals surface area contributed by atoms with Gasteiger partial charge in [-0.25, -0.2) is 13.4 Å². The van der Waals surface area contributed by atoms with Crippen LogP contribution < -0.4 is 4.72 Å². The zero-order valence-electron chi connectivity index (χ0n) is 15.6. The van der Waals surface area contributed by atoms with Crippen LogP contribution in [-0.2, 0) is 10.0 Å². The molecule has 7 nitrogen and oxygen atoms in total. The van der Waals surface area contributed by atoms with Crippen LogP contribution in [0, 0.1) is 0 Å². The molecule has 3 aromatic rings. The van der Waals surface area contributed by atoms with E-state index in [1.807, 2.05) is 18.2 Å². The van der Waals surface area contributed by atoms with Gasteiger partial charge in [-0.15, -0.1) is 11.3 Å². The third kappa shape index (κ3) is 4.30. The van der Waals surface area contributed by atoms with Gasteiger partial charge in [0.25, 0.3) is 15.9 Å². The molecule has 1 amide bonds. The third-order valence-electron chi connectivity index (χ3n) is 4.79. The Morgan fingerprint density at radius 2 is 1.90 bits per heavy atom. The number of nitrogens with zero attached hydrogens (tertiary/aromatic N) is 3. The molecule has 1 saturated heterocycles. The summed E-state index contributed by atoms with van der Waals surface area (Å²) in [6, 6.07) is 13.7. The van der Waals surface area contributed by atoms with Crippen LogP contribution in [0.1, 0.15) is 41.5 Å². The minimum Gasteiger partial charge on any atom is -0.329 e. The van der Waals surface area contributed by atoms with Crippen LogP contribution in [0.2, 0.25) is 0 Å². The molecule has 1 aliphatic heterocycles. The number of carbonyl (C=O) groups excluding carboxylic acids is 1. The quantitative estimate of drug-likeness (QED) is 0.669. The van der Waals surface area contributed by atoms with E-state index in [0.717, 1.165) is 36.3 Å². The van der Waals surface area contributed by atoms with Gasteiger partial charge in [-0.1, -0.05) is 24.3 Å². The fourth-order valence-electron chi connectivity index (χ4n) is 3.39. The Morgan fingerprint density at radius 1 is 1.10 bits per heavy atom. The van der Waals surface area contributed by atoms with Gasteiger partial charge in [0.05, 0.1) is 16.6 Å². The highest BCUT2D eigenvalue weighted by atomic mass is 32.2. The van der Waals surface area contributed by atoms with Crippen molar-refractivity contribution in [1.82, 2.24) is 14.9 Å². The number of nitrogens with one attached hydrogen (secondary N) is 1. The molecule has 2 aromatic heterocycles. The molecule has 1 aliphatic rings. The van der Waals surface area contributed by atoms with E-state index in [9.17, 15) is 13.2 Å². The van der Waals surface area contributed by atoms with Gasteiger partial charge in [-0.3, -0.25) is 14.5 Å². The second-order valence-electron chi connectivity index (χ2n) is 6.72. The van der Waals surface area contributed by atoms with Crippen molar-refractivity contribution in [2.45, 2.75) is 30.2 Å². The summed E-state index contributed by atoms with van der Waals surface area (Å²) in [5.74, 6) is -0.207. The lowest BCUT2D eigenvalue weighted by molar-refractivity contribution is 0.0601. The zero-order chi connectivity index (χ0) is 20.3. The number of aromatic nitrogens is 2. The number of sulfonamides is 1. The summed E-state index contributed by atoms with van der Waals surface area (Å²) in [6.07, 6.45) is 4.53. The summed E-state index contributed by atoms with van der Waals surface area (Å²) in [7, 11) is -3.74. The van der Waals surface area contributed by atoms with Gasteiger partial charge in [0.15, 0.2) is 5.13 Å². The summed E-state index contributed by atoms with van der Waals surface area (Å²) >= 11 is 1.10. The van der Waals surface area contributed by atoms with E-state index in [2.05, 4.69) is 14.7 Å². The molecule has 0 unspecified atom stereocenters. The number of pyridine rings is 1. The van der Waals surface area contributed by atoms with Gasteiger partial charge < -0.3 is 4.90 Å². The Morgan fingerprint density at radius 3 is 2.66 bits per heavy atom. The van der Waals surface area contributed by atoms with Crippen molar-refractivity contribution >= 4 is 32.4 Å². The molecule has 9 heteroatoms. The molecule has 1 fully saturated rings. The van der Waals surface area contributed by atoms with Gasteiger partial charge in [-0.05, 0) is 43.5 Å². The average Bonchev–Trinajstić information content (AvgIpc) is 3.22. The molecule has 29 heavy (non-hydrogen) atoms. The van der Waals surface area contributed by atoms with E-state index >= 15 is 0 Å². The summed E-state index contributed by atoms with van der Waals surface area (Å²) < 4.78 is 27.4. The molecule has 0 bridgehead atoms. The van der Waals surface area contributed by atoms with Crippen molar-refractivity contribution in [3.63, 3.8) is 0 Å². The first-order valence-corrected chi connectivity index (χ1v) is 11.7. The monoisotopic (exact) mass is 428 g/mol. The molecule has 1 N–H and O–H groups in total. The van der Waals surface area contributed by atoms with Crippen molar-refractivity contribution in [1.29, 1.82) is 0 Å². The molecular formula is C20H20N4O3S2. The van der Waals surface area contributed by atoms with Crippen molar-refractivity contribution in [3.8, 4) is 0 Å². The molecular weight excluding hydrogens is 408 g/mol. The van der Waals surface area contributed by atoms with Crippen molar-refractivity contribution in [2.75, 3.05) is 11.3 Å². The van der Waals surface area contributed by atoms with Crippen LogP contribution in [0.4, 0.5) is 5.13 Å². The summed E-state index contributed by atoms with van der Waals surface area (Å²) in [6.45, 7) is 0.628. The van der Waals surface area contributed by atoms with Crippen LogP contribution in [0.5, 0.6) is 0 Å². The Hall–Kier alpha value is -2.78. The minimum atomic E-state index is -3.74. The van der Waals surface area contributed by atoms with Crippen molar-refractivity contribution in [3.05, 3.63) is 71.5 Å². The lowest BCUT2D eigenvalue weighted by Gasteiger charge is -2.35. The molecule has 0 saturated carbocycles. The van der Waals surface area contributed by atoms with Gasteiger partial charge in [0.2, 0.25) is 0 Å². The number of carbonyl (C=O) groups is 1. The first-order valence-electron chi connectivity index (χ1n) is 9.30. The Balaban J connectivity index is 1.53. The van der Waals surface area contributed by atoms with Gasteiger partial charge in [0.1, 0.15) is 5.69 Å². The molecule has 0 radical (unpaired) electrons. The Kier molecular flexibility index (Phi) is 5.59. The predicted octanol–water partition coefficient (Wildman–Crippen LogP) is 3.71. The second kappa shape index (κ2) is 8.30. The van der Waals surface area contributed by atoms with E-state index in [-0.39, 0.29) is 27.7 Å². The topological polar surface area (TPSA) is 92.3 Å². The number of benzene rings is 1. The maximum absolute atomic E-state index is 13.1. The Labute approximate surface area is 173 Å². The number of anilines is 1. The molecule has 0 spiro atoms. The molecule has 1 atom stereocenters. The standard InChI is InChI=1S/C20H20N4O3S2/c25-19(24-13-7-5-11-18(24)16-10-4-6-12-21-16)17-14-28-20(22-17)23-29(26,27)15-8-2-1-3-9-15/h1-4,6,8-10,12,14,18H,5,7,11,13H2,(H,22,23)/t18-/m1/s1. The van der Waals surface area contributed by atoms with Gasteiger partial charge in [0, 0.05) is 18.1 Å². The van der Waals surface area contributed by atoms with E-state index in [4.69, 9.17) is 0 Å². The van der Waals surface area contributed by atoms with Crippen molar-refractivity contribution in [2.24, 2.45) is 0 Å². The average molecular weight is 429 g/mol. The van der Waals surface area contributed by atoms with Gasteiger partial charge in [-0.2, -0.15) is 0 Å². The number of rotatable bonds is 5. The number of amides is 1. The Bertz CT molecular complexity index is 1090. The number of likely N-dealkylation sites (tertiary alicyclic amines) is 1. The maximum atomic E-state index is 13.1. The number of piperidine rings is 1. The SMILES string of the molecule is O=C(c1csc(NS(=O)(=O)c2ccccc2)n1)N1CCCC[C@@H]1c1ccccn1. The van der Waals surface area contributed by atoms with Crippen LogP contribution >= 0.6 is 11.3 Å². The third-order valence-corrected chi connectivity index (χ3v) is 7.03. The molecule has 3 heterocycles. The highest BCUT2D eigenvalue weighted by Gasteiger charge is 2.31. The lowest BCUT2D eigenvalue weighted by atomic mass is 9.98. The van der Waals surface area contributed by atoms with Crippen LogP contribution in [-0.4, -0.2) is 35.7 Å². The summed E-state index contributed by atoms with van der Waals surface area (Å²) in [4.78, 5) is 23.7. The lowest BCUT2D eigenvalue weighted by Crippen LogP contribution is -2.39. The van der Waals surface area contributed by atoms with Gasteiger partial charge >= 0.3 is 0 Å².